The molecule has 1 unspecified atom stereocenters. The quantitative estimate of drug-likeness (QED) is 0.191. The van der Waals surface area contributed by atoms with Crippen molar-refractivity contribution in [3.63, 3.8) is 0 Å². The van der Waals surface area contributed by atoms with Crippen LogP contribution in [0.25, 0.3) is 0 Å². The molecule has 0 amide bonds. The van der Waals surface area contributed by atoms with Crippen molar-refractivity contribution in [3.8, 4) is 0 Å². The number of ether oxygens (including phenoxy) is 1. The van der Waals surface area contributed by atoms with Crippen molar-refractivity contribution in [3.05, 3.63) is 91.0 Å². The van der Waals surface area contributed by atoms with Gasteiger partial charge in [0, 0.05) is 6.42 Å². The summed E-state index contributed by atoms with van der Waals surface area (Å²) < 4.78 is 11.4. The lowest BCUT2D eigenvalue weighted by atomic mass is 10.3. The first-order valence-electron chi connectivity index (χ1n) is 10.8. The van der Waals surface area contributed by atoms with Gasteiger partial charge in [-0.25, -0.2) is 0 Å². The molecule has 0 spiro atoms. The van der Waals surface area contributed by atoms with E-state index in [2.05, 4.69) is 122 Å². The molecular weight excluding hydrogens is 530 g/mol. The van der Waals surface area contributed by atoms with Gasteiger partial charge in [-0.15, -0.1) is 0 Å². The number of halogens is 1. The largest absolute Gasteiger partial charge is 1.00 e. The molecule has 31 heavy (non-hydrogen) atoms. The van der Waals surface area contributed by atoms with E-state index in [0.29, 0.717) is 0 Å². The Morgan fingerprint density at radius 1 is 0.742 bits per heavy atom. The highest BCUT2D eigenvalue weighted by Crippen LogP contribution is 2.61. The molecule has 1 fully saturated rings. The van der Waals surface area contributed by atoms with Crippen LogP contribution >= 0.6 is 7.26 Å². The summed E-state index contributed by atoms with van der Waals surface area (Å²) in [5.74, 6) is 0.177. The molecule has 166 valence electrons. The number of rotatable bonds is 7. The maximum absolute atomic E-state index is 6.90. The second-order valence-electron chi connectivity index (χ2n) is 8.43. The van der Waals surface area contributed by atoms with Crippen molar-refractivity contribution in [1.82, 2.24) is 0 Å². The first-order valence-corrected chi connectivity index (χ1v) is 16.1. The molecule has 2 nitrogen and oxygen atoms in total. The fourth-order valence-corrected chi connectivity index (χ4v) is 10.7. The van der Waals surface area contributed by atoms with E-state index in [9.17, 15) is 0 Å². The summed E-state index contributed by atoms with van der Waals surface area (Å²) >= 11 is 0. The number of epoxide rings is 1. The molecule has 0 N–H and O–H groups in total. The molecule has 1 atom stereocenters. The Morgan fingerprint density at radius 2 is 1.06 bits per heavy atom. The van der Waals surface area contributed by atoms with Gasteiger partial charge in [-0.1, -0.05) is 61.5 Å². The van der Waals surface area contributed by atoms with E-state index in [1.165, 1.54) is 15.9 Å². The first-order chi connectivity index (χ1) is 14.5. The summed E-state index contributed by atoms with van der Waals surface area (Å²) in [5.41, 5.74) is 0. The molecule has 3 aromatic rings. The highest BCUT2D eigenvalue weighted by molar-refractivity contribution is 7.96. The maximum Gasteiger partial charge on any atom is 0.188 e. The average Bonchev–Trinajstić information content (AvgIpc) is 3.65. The third kappa shape index (κ3) is 6.97. The van der Waals surface area contributed by atoms with E-state index in [1.54, 1.807) is 0 Å². The van der Waals surface area contributed by atoms with Gasteiger partial charge in [0.2, 0.25) is 0 Å². The Balaban J connectivity index is 0.000000785. The van der Waals surface area contributed by atoms with Gasteiger partial charge < -0.3 is 33.1 Å². The Labute approximate surface area is 206 Å². The van der Waals surface area contributed by atoms with Crippen LogP contribution < -0.4 is 39.9 Å². The van der Waals surface area contributed by atoms with Crippen LogP contribution in [0.15, 0.2) is 91.0 Å². The van der Waals surface area contributed by atoms with Gasteiger partial charge in [0.15, 0.2) is 14.2 Å². The third-order valence-electron chi connectivity index (χ3n) is 4.97. The second-order valence-corrected chi connectivity index (χ2v) is 16.5. The summed E-state index contributed by atoms with van der Waals surface area (Å²) in [6, 6.07) is 33.1. The van der Waals surface area contributed by atoms with Crippen molar-refractivity contribution in [2.45, 2.75) is 38.8 Å². The number of hydrogen-bond donors (Lipinski definition) is 0. The average molecular weight is 565 g/mol. The van der Waals surface area contributed by atoms with Gasteiger partial charge in [-0.2, -0.15) is 0 Å². The Bertz CT molecular complexity index is 784. The standard InChI is InChI=1S/C24H30OPSi.C2H4O.HI/c1-5-24(25-27(2,3)4)26(21-15-9-6-10-16-21,22-17-11-7-12-18-22)23-19-13-8-14-20-23;1-2-3-1;/h6-20,24H,5H2,1-4H3;1-2H2;1H/q+1;;/p-1. The molecule has 0 bridgehead atoms. The van der Waals surface area contributed by atoms with Crippen molar-refractivity contribution < 1.29 is 33.1 Å². The molecule has 4 rings (SSSR count). The van der Waals surface area contributed by atoms with Crippen LogP contribution in [0.4, 0.5) is 0 Å². The van der Waals surface area contributed by atoms with Crippen molar-refractivity contribution in [2.24, 2.45) is 0 Å². The highest BCUT2D eigenvalue weighted by Gasteiger charge is 2.53. The van der Waals surface area contributed by atoms with E-state index in [-0.39, 0.29) is 29.8 Å². The predicted octanol–water partition coefficient (Wildman–Crippen LogP) is 2.59. The minimum absolute atomic E-state index is 0. The zero-order valence-corrected chi connectivity index (χ0v) is 23.1. The molecule has 1 aliphatic heterocycles. The van der Waals surface area contributed by atoms with E-state index >= 15 is 0 Å². The van der Waals surface area contributed by atoms with Gasteiger partial charge >= 0.3 is 0 Å². The maximum atomic E-state index is 6.90. The second kappa shape index (κ2) is 12.3. The Hall–Kier alpha value is -1.04. The van der Waals surface area contributed by atoms with Crippen LogP contribution in [0, 0.1) is 0 Å². The lowest BCUT2D eigenvalue weighted by Crippen LogP contribution is -3.00. The Kier molecular flexibility index (Phi) is 10.4. The molecule has 0 aromatic heterocycles. The normalized spacial score (nSPS) is 13.9. The van der Waals surface area contributed by atoms with Gasteiger partial charge in [0.25, 0.3) is 0 Å². The minimum atomic E-state index is -1.95. The van der Waals surface area contributed by atoms with Gasteiger partial charge in [-0.05, 0) is 56.0 Å². The molecule has 0 radical (unpaired) electrons. The van der Waals surface area contributed by atoms with E-state index in [0.717, 1.165) is 19.6 Å². The SMILES string of the molecule is C1CO1.CCC(O[Si](C)(C)C)[P+](c1ccccc1)(c1ccccc1)c1ccccc1.[I-]. The molecule has 1 saturated heterocycles. The smallest absolute Gasteiger partial charge is 0.188 e. The molecule has 3 aromatic carbocycles. The van der Waals surface area contributed by atoms with Crippen molar-refractivity contribution in [1.29, 1.82) is 0 Å². The zero-order chi connectivity index (χ0) is 21.5. The third-order valence-corrected chi connectivity index (χ3v) is 10.8. The van der Waals surface area contributed by atoms with Crippen LogP contribution in [0.3, 0.4) is 0 Å². The molecule has 1 heterocycles. The fourth-order valence-electron chi connectivity index (χ4n) is 3.78. The lowest BCUT2D eigenvalue weighted by Gasteiger charge is -2.37. The number of hydrogen-bond acceptors (Lipinski definition) is 2. The van der Waals surface area contributed by atoms with Crippen LogP contribution in [0.2, 0.25) is 19.6 Å². The van der Waals surface area contributed by atoms with E-state index in [1.807, 2.05) is 0 Å². The summed E-state index contributed by atoms with van der Waals surface area (Å²) in [6.07, 6.45) is 0.997. The molecule has 5 heteroatoms. The van der Waals surface area contributed by atoms with Crippen LogP contribution in [0.5, 0.6) is 0 Å². The molecule has 0 saturated carbocycles. The van der Waals surface area contributed by atoms with E-state index in [4.69, 9.17) is 4.43 Å². The molecule has 0 aliphatic carbocycles. The minimum Gasteiger partial charge on any atom is -1.00 e. The van der Waals surface area contributed by atoms with Crippen LogP contribution in [0.1, 0.15) is 13.3 Å². The van der Waals surface area contributed by atoms with Crippen LogP contribution in [-0.4, -0.2) is 27.4 Å². The Morgan fingerprint density at radius 3 is 1.29 bits per heavy atom. The molecule has 1 aliphatic rings. The first kappa shape index (κ1) is 26.2. The summed E-state index contributed by atoms with van der Waals surface area (Å²) in [5, 5.41) is 4.19. The summed E-state index contributed by atoms with van der Waals surface area (Å²) in [6.45, 7) is 11.2. The summed E-state index contributed by atoms with van der Waals surface area (Å²) in [4.78, 5) is 0. The van der Waals surface area contributed by atoms with Crippen molar-refractivity contribution >= 4 is 31.5 Å². The van der Waals surface area contributed by atoms with Gasteiger partial charge in [0.1, 0.15) is 23.2 Å². The fraction of sp³-hybridized carbons (Fsp3) is 0.308. The molecular formula is C26H34IO2PSi. The van der Waals surface area contributed by atoms with Crippen molar-refractivity contribution in [2.75, 3.05) is 13.2 Å². The van der Waals surface area contributed by atoms with Gasteiger partial charge in [-0.3, -0.25) is 0 Å². The zero-order valence-electron chi connectivity index (χ0n) is 19.0. The monoisotopic (exact) mass is 564 g/mol. The predicted molar refractivity (Wildman–Crippen MR) is 134 cm³/mol. The lowest BCUT2D eigenvalue weighted by molar-refractivity contribution is -0.00000767. The highest BCUT2D eigenvalue weighted by atomic mass is 127. The van der Waals surface area contributed by atoms with Crippen LogP contribution in [-0.2, 0) is 9.16 Å². The topological polar surface area (TPSA) is 21.8 Å². The summed E-state index contributed by atoms with van der Waals surface area (Å²) in [7, 11) is -3.67. The van der Waals surface area contributed by atoms with E-state index < -0.39 is 15.6 Å². The van der Waals surface area contributed by atoms with Gasteiger partial charge in [0.05, 0.1) is 13.2 Å². The number of benzene rings is 3.